The molecular weight excluding hydrogens is 362 g/mol. The molecule has 0 amide bonds. The van der Waals surface area contributed by atoms with Crippen molar-refractivity contribution in [3.8, 4) is 0 Å². The molecule has 0 aliphatic heterocycles. The van der Waals surface area contributed by atoms with E-state index in [4.69, 9.17) is 17.4 Å². The van der Waals surface area contributed by atoms with Crippen LogP contribution in [0.4, 0.5) is 8.78 Å². The lowest BCUT2D eigenvalue weighted by atomic mass is 9.99. The summed E-state index contributed by atoms with van der Waals surface area (Å²) in [6, 6.07) is 8.70. The fraction of sp³-hybridized carbons (Fsp3) is 0.200. The van der Waals surface area contributed by atoms with E-state index < -0.39 is 0 Å². The predicted molar refractivity (Wildman–Crippen MR) is 84.0 cm³/mol. The fourth-order valence-electron chi connectivity index (χ4n) is 2.13. The lowest BCUT2D eigenvalue weighted by Crippen LogP contribution is -2.38. The van der Waals surface area contributed by atoms with E-state index in [1.165, 1.54) is 18.2 Å². The van der Waals surface area contributed by atoms with E-state index in [1.54, 1.807) is 18.2 Å². The minimum absolute atomic E-state index is 0.266. The number of rotatable bonds is 5. The Balaban J connectivity index is 2.19. The first-order chi connectivity index (χ1) is 10.0. The third-order valence-electron chi connectivity index (χ3n) is 3.22. The summed E-state index contributed by atoms with van der Waals surface area (Å²) in [7, 11) is 0. The average molecular weight is 376 g/mol. The van der Waals surface area contributed by atoms with Crippen molar-refractivity contribution in [3.63, 3.8) is 0 Å². The molecule has 21 heavy (non-hydrogen) atoms. The Hall–Kier alpha value is -1.01. The molecule has 0 saturated carbocycles. The minimum atomic E-state index is -0.374. The number of halogens is 4. The summed E-state index contributed by atoms with van der Waals surface area (Å²) in [5.74, 6) is 4.83. The molecule has 1 unspecified atom stereocenters. The molecule has 0 aliphatic rings. The molecule has 3 N–H and O–H groups in total. The highest BCUT2D eigenvalue weighted by Gasteiger charge is 2.16. The first-order valence-electron chi connectivity index (χ1n) is 6.34. The van der Waals surface area contributed by atoms with Gasteiger partial charge in [0, 0.05) is 21.1 Å². The summed E-state index contributed by atoms with van der Waals surface area (Å²) in [6.07, 6.45) is 0.754. The Morgan fingerprint density at radius 3 is 2.62 bits per heavy atom. The number of hydrazine groups is 1. The van der Waals surface area contributed by atoms with Crippen molar-refractivity contribution in [3.05, 3.63) is 68.7 Å². The Morgan fingerprint density at radius 2 is 1.95 bits per heavy atom. The maximum absolute atomic E-state index is 13.8. The van der Waals surface area contributed by atoms with Gasteiger partial charge in [-0.2, -0.15) is 0 Å². The van der Waals surface area contributed by atoms with Gasteiger partial charge in [-0.15, -0.1) is 0 Å². The monoisotopic (exact) mass is 374 g/mol. The number of nitrogens with one attached hydrogen (secondary N) is 1. The first kappa shape index (κ1) is 16.4. The number of hydrogen-bond acceptors (Lipinski definition) is 2. The zero-order valence-corrected chi connectivity index (χ0v) is 13.4. The van der Waals surface area contributed by atoms with Crippen LogP contribution < -0.4 is 11.3 Å². The molecule has 0 heterocycles. The van der Waals surface area contributed by atoms with Gasteiger partial charge in [0.25, 0.3) is 0 Å². The average Bonchev–Trinajstić information content (AvgIpc) is 2.45. The Bertz CT molecular complexity index is 617. The molecule has 0 radical (unpaired) electrons. The first-order valence-corrected chi connectivity index (χ1v) is 7.51. The third kappa shape index (κ3) is 4.23. The highest BCUT2D eigenvalue weighted by molar-refractivity contribution is 9.10. The van der Waals surface area contributed by atoms with Gasteiger partial charge in [-0.25, -0.2) is 8.78 Å². The molecule has 112 valence electrons. The lowest BCUT2D eigenvalue weighted by Gasteiger charge is -2.18. The van der Waals surface area contributed by atoms with Crippen molar-refractivity contribution in [2.24, 2.45) is 5.84 Å². The zero-order valence-electron chi connectivity index (χ0n) is 11.0. The van der Waals surface area contributed by atoms with Crippen LogP contribution in [0.3, 0.4) is 0 Å². The van der Waals surface area contributed by atoms with Gasteiger partial charge in [-0.05, 0) is 48.7 Å². The quantitative estimate of drug-likeness (QED) is 0.612. The lowest BCUT2D eigenvalue weighted by molar-refractivity contribution is 0.504. The van der Waals surface area contributed by atoms with E-state index in [1.807, 2.05) is 0 Å². The SMILES string of the molecule is NNC(Cc1cc(F)ccc1Br)Cc1c(F)cccc1Cl. The molecule has 0 saturated heterocycles. The molecular formula is C15H14BrClF2N2. The molecule has 0 spiro atoms. The largest absolute Gasteiger partial charge is 0.271 e. The Morgan fingerprint density at radius 1 is 1.19 bits per heavy atom. The van der Waals surface area contributed by atoms with Crippen LogP contribution in [-0.2, 0) is 12.8 Å². The standard InChI is InChI=1S/C15H14BrClF2N2/c16-13-5-4-10(18)6-9(13)7-11(21-20)8-12-14(17)2-1-3-15(12)19/h1-6,11,21H,7-8,20H2. The van der Waals surface area contributed by atoms with Gasteiger partial charge in [-0.3, -0.25) is 11.3 Å². The van der Waals surface area contributed by atoms with Crippen molar-refractivity contribution in [1.82, 2.24) is 5.43 Å². The summed E-state index contributed by atoms with van der Waals surface area (Å²) in [4.78, 5) is 0. The summed E-state index contributed by atoms with van der Waals surface area (Å²) in [5.41, 5.74) is 3.78. The molecule has 6 heteroatoms. The van der Waals surface area contributed by atoms with E-state index in [0.717, 1.165) is 10.0 Å². The molecule has 0 fully saturated rings. The summed E-state index contributed by atoms with van der Waals surface area (Å²) in [6.45, 7) is 0. The van der Waals surface area contributed by atoms with Gasteiger partial charge < -0.3 is 0 Å². The topological polar surface area (TPSA) is 38.0 Å². The van der Waals surface area contributed by atoms with Crippen LogP contribution in [0.15, 0.2) is 40.9 Å². The van der Waals surface area contributed by atoms with Gasteiger partial charge >= 0.3 is 0 Å². The van der Waals surface area contributed by atoms with E-state index in [2.05, 4.69) is 21.4 Å². The zero-order chi connectivity index (χ0) is 15.4. The van der Waals surface area contributed by atoms with Gasteiger partial charge in [0.1, 0.15) is 11.6 Å². The van der Waals surface area contributed by atoms with Crippen molar-refractivity contribution in [1.29, 1.82) is 0 Å². The molecule has 0 bridgehead atoms. The van der Waals surface area contributed by atoms with Crippen molar-refractivity contribution >= 4 is 27.5 Å². The maximum atomic E-state index is 13.8. The van der Waals surface area contributed by atoms with Crippen LogP contribution in [0.2, 0.25) is 5.02 Å². The van der Waals surface area contributed by atoms with E-state index >= 15 is 0 Å². The number of nitrogens with two attached hydrogens (primary N) is 1. The highest BCUT2D eigenvalue weighted by atomic mass is 79.9. The van der Waals surface area contributed by atoms with E-state index in [-0.39, 0.29) is 17.7 Å². The summed E-state index contributed by atoms with van der Waals surface area (Å²) in [5, 5.41) is 0.355. The van der Waals surface area contributed by atoms with Crippen molar-refractivity contribution in [2.45, 2.75) is 18.9 Å². The predicted octanol–water partition coefficient (Wildman–Crippen LogP) is 4.00. The molecule has 0 aliphatic carbocycles. The van der Waals surface area contributed by atoms with Crippen molar-refractivity contribution < 1.29 is 8.78 Å². The smallest absolute Gasteiger partial charge is 0.127 e. The molecule has 2 aromatic carbocycles. The van der Waals surface area contributed by atoms with Crippen molar-refractivity contribution in [2.75, 3.05) is 0 Å². The van der Waals surface area contributed by atoms with Gasteiger partial charge in [0.2, 0.25) is 0 Å². The number of hydrogen-bond donors (Lipinski definition) is 2. The fourth-order valence-corrected chi connectivity index (χ4v) is 2.78. The minimum Gasteiger partial charge on any atom is -0.271 e. The second-order valence-electron chi connectivity index (χ2n) is 4.71. The van der Waals surface area contributed by atoms with Crippen LogP contribution in [0.1, 0.15) is 11.1 Å². The summed E-state index contributed by atoms with van der Waals surface area (Å²) < 4.78 is 27.9. The molecule has 2 nitrogen and oxygen atoms in total. The molecule has 2 rings (SSSR count). The second-order valence-corrected chi connectivity index (χ2v) is 5.97. The van der Waals surface area contributed by atoms with Crippen LogP contribution in [0.25, 0.3) is 0 Å². The molecule has 2 aromatic rings. The Kier molecular flexibility index (Phi) is 5.70. The highest BCUT2D eigenvalue weighted by Crippen LogP contribution is 2.23. The summed E-state index contributed by atoms with van der Waals surface area (Å²) >= 11 is 9.38. The van der Waals surface area contributed by atoms with Gasteiger partial charge in [-0.1, -0.05) is 33.6 Å². The van der Waals surface area contributed by atoms with Gasteiger partial charge in [0.05, 0.1) is 0 Å². The second kappa shape index (κ2) is 7.31. The number of benzene rings is 2. The van der Waals surface area contributed by atoms with E-state index in [9.17, 15) is 8.78 Å². The van der Waals surface area contributed by atoms with E-state index in [0.29, 0.717) is 23.4 Å². The van der Waals surface area contributed by atoms with Crippen LogP contribution in [0.5, 0.6) is 0 Å². The molecule has 0 aromatic heterocycles. The van der Waals surface area contributed by atoms with Crippen LogP contribution in [0, 0.1) is 11.6 Å². The molecule has 1 atom stereocenters. The maximum Gasteiger partial charge on any atom is 0.127 e. The van der Waals surface area contributed by atoms with Gasteiger partial charge in [0.15, 0.2) is 0 Å². The normalized spacial score (nSPS) is 12.4. The van der Waals surface area contributed by atoms with Crippen LogP contribution >= 0.6 is 27.5 Å². The third-order valence-corrected chi connectivity index (χ3v) is 4.35. The Labute approximate surface area is 135 Å². The van der Waals surface area contributed by atoms with Crippen LogP contribution in [-0.4, -0.2) is 6.04 Å².